The number of carbonyl (C=O) groups excluding carboxylic acids is 1. The van der Waals surface area contributed by atoms with E-state index >= 15 is 0 Å². The van der Waals surface area contributed by atoms with E-state index in [9.17, 15) is 4.79 Å². The molecule has 0 atom stereocenters. The highest BCUT2D eigenvalue weighted by atomic mass is 16.5. The number of benzene rings is 1. The molecule has 37 heavy (non-hydrogen) atoms. The van der Waals surface area contributed by atoms with Crippen LogP contribution in [0.1, 0.15) is 34.7 Å². The third-order valence-corrected chi connectivity index (χ3v) is 7.43. The molecule has 8 heteroatoms. The summed E-state index contributed by atoms with van der Waals surface area (Å²) in [5.41, 5.74) is 4.38. The lowest BCUT2D eigenvalue weighted by atomic mass is 9.96. The first-order chi connectivity index (χ1) is 18.2. The summed E-state index contributed by atoms with van der Waals surface area (Å²) >= 11 is 0. The summed E-state index contributed by atoms with van der Waals surface area (Å²) in [7, 11) is 0. The zero-order valence-corrected chi connectivity index (χ0v) is 21.0. The van der Waals surface area contributed by atoms with Crippen LogP contribution in [0.3, 0.4) is 0 Å². The molecule has 2 fully saturated rings. The van der Waals surface area contributed by atoms with Crippen LogP contribution in [0.4, 0.5) is 0 Å². The molecule has 1 N–H and O–H groups in total. The Bertz CT molecular complexity index is 1360. The number of likely N-dealkylation sites (tertiary alicyclic amines) is 1. The summed E-state index contributed by atoms with van der Waals surface area (Å²) in [6.45, 7) is 6.48. The van der Waals surface area contributed by atoms with Gasteiger partial charge in [-0.05, 0) is 60.7 Å². The number of aromatic amines is 1. The van der Waals surface area contributed by atoms with Crippen LogP contribution in [0.5, 0.6) is 0 Å². The lowest BCUT2D eigenvalue weighted by molar-refractivity contribution is 0.0242. The Morgan fingerprint density at radius 1 is 0.946 bits per heavy atom. The van der Waals surface area contributed by atoms with Crippen molar-refractivity contribution < 1.29 is 9.53 Å². The zero-order valence-electron chi connectivity index (χ0n) is 21.0. The molecule has 5 heterocycles. The number of hydrogen-bond acceptors (Lipinski definition) is 6. The number of H-pyrrole nitrogens is 1. The summed E-state index contributed by atoms with van der Waals surface area (Å²) in [4.78, 5) is 34.6. The molecule has 3 aromatic heterocycles. The Balaban J connectivity index is 1.10. The van der Waals surface area contributed by atoms with Crippen molar-refractivity contribution in [2.75, 3.05) is 45.9 Å². The number of morpholine rings is 1. The van der Waals surface area contributed by atoms with Gasteiger partial charge < -0.3 is 14.6 Å². The van der Waals surface area contributed by atoms with E-state index in [0.717, 1.165) is 92.5 Å². The van der Waals surface area contributed by atoms with Gasteiger partial charge in [0.1, 0.15) is 11.5 Å². The Kier molecular flexibility index (Phi) is 6.92. The largest absolute Gasteiger partial charge is 0.379 e. The number of aromatic nitrogens is 4. The minimum Gasteiger partial charge on any atom is -0.379 e. The van der Waals surface area contributed by atoms with Gasteiger partial charge in [-0.3, -0.25) is 14.7 Å². The normalized spacial score (nSPS) is 17.4. The molecule has 8 nitrogen and oxygen atoms in total. The molecule has 0 unspecified atom stereocenters. The molecule has 2 aliphatic heterocycles. The summed E-state index contributed by atoms with van der Waals surface area (Å²) in [5.74, 6) is 1.49. The average molecular weight is 497 g/mol. The van der Waals surface area contributed by atoms with Crippen molar-refractivity contribution in [2.45, 2.75) is 19.3 Å². The molecule has 6 rings (SSSR count). The van der Waals surface area contributed by atoms with Crippen LogP contribution in [0.2, 0.25) is 0 Å². The number of fused-ring (bicyclic) bond motifs is 1. The van der Waals surface area contributed by atoms with Crippen LogP contribution in [0, 0.1) is 5.92 Å². The lowest BCUT2D eigenvalue weighted by Crippen LogP contribution is -2.44. The van der Waals surface area contributed by atoms with Crippen molar-refractivity contribution in [1.29, 1.82) is 0 Å². The van der Waals surface area contributed by atoms with Gasteiger partial charge in [0.25, 0.3) is 5.91 Å². The third kappa shape index (κ3) is 5.55. The van der Waals surface area contributed by atoms with Crippen LogP contribution >= 0.6 is 0 Å². The highest BCUT2D eigenvalue weighted by molar-refractivity contribution is 5.98. The van der Waals surface area contributed by atoms with Crippen LogP contribution in [-0.2, 0) is 11.2 Å². The second-order valence-corrected chi connectivity index (χ2v) is 10.0. The molecular formula is C29H32N6O2. The monoisotopic (exact) mass is 496 g/mol. The van der Waals surface area contributed by atoms with Gasteiger partial charge in [0.2, 0.25) is 0 Å². The van der Waals surface area contributed by atoms with Crippen LogP contribution in [0.25, 0.3) is 22.3 Å². The lowest BCUT2D eigenvalue weighted by Gasteiger charge is -2.35. The first-order valence-electron chi connectivity index (χ1n) is 13.2. The molecule has 0 bridgehead atoms. The number of nitrogens with one attached hydrogen (secondary N) is 1. The molecule has 0 aliphatic carbocycles. The van der Waals surface area contributed by atoms with Crippen LogP contribution < -0.4 is 0 Å². The van der Waals surface area contributed by atoms with Gasteiger partial charge in [-0.25, -0.2) is 9.97 Å². The zero-order chi connectivity index (χ0) is 25.0. The molecule has 0 saturated carbocycles. The molecule has 1 amide bonds. The van der Waals surface area contributed by atoms with Crippen LogP contribution in [-0.4, -0.2) is 81.6 Å². The van der Waals surface area contributed by atoms with Gasteiger partial charge in [-0.15, -0.1) is 0 Å². The number of pyridine rings is 1. The fourth-order valence-electron chi connectivity index (χ4n) is 5.37. The Morgan fingerprint density at radius 3 is 2.62 bits per heavy atom. The standard InChI is InChI=1S/C29H32N6O2/c36-29(35-11-7-21(8-12-35)20-34-13-15-37-16-14-34)27-19-23-17-22(4-5-24(23)32-27)18-28-31-10-6-26(33-28)25-3-1-2-9-30-25/h1-6,9-10,17,19,21,32H,7-8,11-16,18,20H2. The van der Waals surface area contributed by atoms with E-state index in [0.29, 0.717) is 18.0 Å². The van der Waals surface area contributed by atoms with E-state index in [1.807, 2.05) is 41.3 Å². The van der Waals surface area contributed by atoms with Crippen molar-refractivity contribution in [3.63, 3.8) is 0 Å². The fraction of sp³-hybridized carbons (Fsp3) is 0.379. The third-order valence-electron chi connectivity index (χ3n) is 7.43. The number of hydrogen-bond donors (Lipinski definition) is 1. The fourth-order valence-corrected chi connectivity index (χ4v) is 5.37. The highest BCUT2D eigenvalue weighted by Crippen LogP contribution is 2.24. The first kappa shape index (κ1) is 23.8. The smallest absolute Gasteiger partial charge is 0.270 e. The molecule has 1 aromatic carbocycles. The van der Waals surface area contributed by atoms with E-state index in [1.54, 1.807) is 12.4 Å². The summed E-state index contributed by atoms with van der Waals surface area (Å²) in [5, 5.41) is 1.03. The molecule has 0 spiro atoms. The van der Waals surface area contributed by atoms with E-state index in [1.165, 1.54) is 0 Å². The predicted molar refractivity (Wildman–Crippen MR) is 142 cm³/mol. The molecule has 190 valence electrons. The van der Waals surface area contributed by atoms with Crippen molar-refractivity contribution in [3.05, 3.63) is 78.0 Å². The van der Waals surface area contributed by atoms with E-state index < -0.39 is 0 Å². The van der Waals surface area contributed by atoms with Crippen molar-refractivity contribution >= 4 is 16.8 Å². The molecule has 2 saturated heterocycles. The molecular weight excluding hydrogens is 464 g/mol. The second kappa shape index (κ2) is 10.8. The predicted octanol–water partition coefficient (Wildman–Crippen LogP) is 3.80. The number of piperidine rings is 1. The Morgan fingerprint density at radius 2 is 1.81 bits per heavy atom. The second-order valence-electron chi connectivity index (χ2n) is 10.0. The minimum absolute atomic E-state index is 0.0916. The highest BCUT2D eigenvalue weighted by Gasteiger charge is 2.26. The van der Waals surface area contributed by atoms with Crippen molar-refractivity contribution in [2.24, 2.45) is 5.92 Å². The maximum absolute atomic E-state index is 13.3. The quantitative estimate of drug-likeness (QED) is 0.437. The van der Waals surface area contributed by atoms with Gasteiger partial charge in [-0.2, -0.15) is 0 Å². The maximum Gasteiger partial charge on any atom is 0.270 e. The molecule has 2 aliphatic rings. The average Bonchev–Trinajstić information content (AvgIpc) is 3.38. The number of amides is 1. The topological polar surface area (TPSA) is 87.2 Å². The number of ether oxygens (including phenoxy) is 1. The Labute approximate surface area is 216 Å². The number of nitrogens with zero attached hydrogens (tertiary/aromatic N) is 5. The van der Waals surface area contributed by atoms with E-state index in [2.05, 4.69) is 32.0 Å². The minimum atomic E-state index is 0.0916. The molecule has 4 aromatic rings. The van der Waals surface area contributed by atoms with Gasteiger partial charge in [0.15, 0.2) is 0 Å². The summed E-state index contributed by atoms with van der Waals surface area (Å²) in [6, 6.07) is 15.9. The Hall–Kier alpha value is -3.62. The van der Waals surface area contributed by atoms with Gasteiger partial charge in [0, 0.05) is 62.4 Å². The van der Waals surface area contributed by atoms with Crippen molar-refractivity contribution in [1.82, 2.24) is 29.7 Å². The van der Waals surface area contributed by atoms with Gasteiger partial charge >= 0.3 is 0 Å². The summed E-state index contributed by atoms with van der Waals surface area (Å²) < 4.78 is 5.46. The first-order valence-corrected chi connectivity index (χ1v) is 13.2. The SMILES string of the molecule is O=C(c1cc2cc(Cc3nccc(-c4ccccn4)n3)ccc2[nH]1)N1CCC(CN2CCOCC2)CC1. The number of carbonyl (C=O) groups is 1. The van der Waals surface area contributed by atoms with E-state index in [-0.39, 0.29) is 5.91 Å². The van der Waals surface area contributed by atoms with Crippen LogP contribution in [0.15, 0.2) is 60.9 Å². The van der Waals surface area contributed by atoms with Gasteiger partial charge in [0.05, 0.1) is 24.6 Å². The maximum atomic E-state index is 13.3. The summed E-state index contributed by atoms with van der Waals surface area (Å²) in [6.07, 6.45) is 6.28. The van der Waals surface area contributed by atoms with Crippen molar-refractivity contribution in [3.8, 4) is 11.4 Å². The van der Waals surface area contributed by atoms with Gasteiger partial charge in [-0.1, -0.05) is 12.1 Å². The van der Waals surface area contributed by atoms with E-state index in [4.69, 9.17) is 9.72 Å². The number of rotatable bonds is 6. The molecule has 0 radical (unpaired) electrons.